The lowest BCUT2D eigenvalue weighted by Crippen LogP contribution is -2.55. The van der Waals surface area contributed by atoms with E-state index >= 15 is 0 Å². The van der Waals surface area contributed by atoms with Crippen molar-refractivity contribution in [3.05, 3.63) is 22.4 Å². The Labute approximate surface area is 128 Å². The molecular formula is C17H30N2S. The van der Waals surface area contributed by atoms with Crippen LogP contribution in [0.5, 0.6) is 0 Å². The zero-order valence-corrected chi connectivity index (χ0v) is 14.1. The molecule has 0 aromatic carbocycles. The molecule has 114 valence electrons. The van der Waals surface area contributed by atoms with E-state index in [-0.39, 0.29) is 5.54 Å². The molecule has 2 rings (SSSR count). The van der Waals surface area contributed by atoms with Crippen molar-refractivity contribution in [2.45, 2.75) is 51.5 Å². The second-order valence-electron chi connectivity index (χ2n) is 6.78. The smallest absolute Gasteiger partial charge is 0.0331 e. The lowest BCUT2D eigenvalue weighted by Gasteiger charge is -2.47. The molecule has 1 aromatic heterocycles. The molecule has 0 spiro atoms. The molecule has 1 aliphatic rings. The van der Waals surface area contributed by atoms with Gasteiger partial charge in [0.25, 0.3) is 0 Å². The Morgan fingerprint density at radius 2 is 2.30 bits per heavy atom. The minimum atomic E-state index is 0.241. The van der Waals surface area contributed by atoms with Crippen molar-refractivity contribution in [3.8, 4) is 0 Å². The van der Waals surface area contributed by atoms with E-state index in [1.807, 2.05) is 11.3 Å². The summed E-state index contributed by atoms with van der Waals surface area (Å²) in [6.07, 6.45) is 6.43. The molecule has 3 heteroatoms. The van der Waals surface area contributed by atoms with Gasteiger partial charge in [0.05, 0.1) is 0 Å². The van der Waals surface area contributed by atoms with Crippen LogP contribution in [0, 0.1) is 11.8 Å². The Morgan fingerprint density at radius 1 is 1.50 bits per heavy atom. The van der Waals surface area contributed by atoms with Crippen molar-refractivity contribution in [2.75, 3.05) is 20.1 Å². The van der Waals surface area contributed by atoms with Crippen molar-refractivity contribution < 1.29 is 0 Å². The third-order valence-electron chi connectivity index (χ3n) is 5.27. The number of hydrogen-bond acceptors (Lipinski definition) is 3. The first-order valence-corrected chi connectivity index (χ1v) is 8.89. The molecule has 1 aromatic rings. The van der Waals surface area contributed by atoms with Gasteiger partial charge in [0.1, 0.15) is 0 Å². The SMILES string of the molecule is CC(C)C1CCCC(CN)(N(C)CCc2cccs2)C1. The molecule has 20 heavy (non-hydrogen) atoms. The molecule has 2 N–H and O–H groups in total. The van der Waals surface area contributed by atoms with Gasteiger partial charge in [0, 0.05) is 23.5 Å². The van der Waals surface area contributed by atoms with Gasteiger partial charge in [0.2, 0.25) is 0 Å². The van der Waals surface area contributed by atoms with Gasteiger partial charge in [-0.05, 0) is 49.6 Å². The fraction of sp³-hybridized carbons (Fsp3) is 0.765. The van der Waals surface area contributed by atoms with Gasteiger partial charge in [-0.1, -0.05) is 32.8 Å². The van der Waals surface area contributed by atoms with Crippen LogP contribution in [-0.2, 0) is 6.42 Å². The molecule has 2 unspecified atom stereocenters. The fourth-order valence-electron chi connectivity index (χ4n) is 3.61. The largest absolute Gasteiger partial charge is 0.329 e. The Morgan fingerprint density at radius 3 is 2.90 bits per heavy atom. The molecule has 0 saturated heterocycles. The Balaban J connectivity index is 1.97. The van der Waals surface area contributed by atoms with Crippen molar-refractivity contribution in [3.63, 3.8) is 0 Å². The Kier molecular flexibility index (Phi) is 5.65. The first-order valence-electron chi connectivity index (χ1n) is 8.01. The molecule has 1 heterocycles. The average molecular weight is 295 g/mol. The molecule has 0 amide bonds. The second kappa shape index (κ2) is 7.06. The summed E-state index contributed by atoms with van der Waals surface area (Å²) >= 11 is 1.87. The molecule has 0 aliphatic heterocycles. The topological polar surface area (TPSA) is 29.3 Å². The second-order valence-corrected chi connectivity index (χ2v) is 7.81. The lowest BCUT2D eigenvalue weighted by molar-refractivity contribution is 0.0461. The summed E-state index contributed by atoms with van der Waals surface area (Å²) in [5.41, 5.74) is 6.45. The highest BCUT2D eigenvalue weighted by atomic mass is 32.1. The number of likely N-dealkylation sites (N-methyl/N-ethyl adjacent to an activating group) is 1. The Hall–Kier alpha value is -0.380. The maximum Gasteiger partial charge on any atom is 0.0331 e. The van der Waals surface area contributed by atoms with Crippen molar-refractivity contribution in [2.24, 2.45) is 17.6 Å². The highest BCUT2D eigenvalue weighted by Gasteiger charge is 2.39. The van der Waals surface area contributed by atoms with E-state index in [2.05, 4.69) is 43.3 Å². The molecule has 0 bridgehead atoms. The molecule has 1 aliphatic carbocycles. The minimum Gasteiger partial charge on any atom is -0.329 e. The number of nitrogens with two attached hydrogens (primary N) is 1. The van der Waals surface area contributed by atoms with Crippen LogP contribution in [0.2, 0.25) is 0 Å². The van der Waals surface area contributed by atoms with Gasteiger partial charge in [-0.3, -0.25) is 4.90 Å². The molecule has 0 radical (unpaired) electrons. The monoisotopic (exact) mass is 294 g/mol. The first-order chi connectivity index (χ1) is 9.57. The first kappa shape index (κ1) is 16.0. The zero-order valence-electron chi connectivity index (χ0n) is 13.3. The van der Waals surface area contributed by atoms with E-state index in [0.717, 1.165) is 31.3 Å². The van der Waals surface area contributed by atoms with Gasteiger partial charge >= 0.3 is 0 Å². The van der Waals surface area contributed by atoms with Gasteiger partial charge in [-0.25, -0.2) is 0 Å². The maximum absolute atomic E-state index is 6.21. The Bertz CT molecular complexity index is 388. The molecule has 1 saturated carbocycles. The third-order valence-corrected chi connectivity index (χ3v) is 6.20. The lowest BCUT2D eigenvalue weighted by atomic mass is 9.71. The van der Waals surface area contributed by atoms with E-state index < -0.39 is 0 Å². The van der Waals surface area contributed by atoms with Crippen molar-refractivity contribution >= 4 is 11.3 Å². The fourth-order valence-corrected chi connectivity index (χ4v) is 4.31. The van der Waals surface area contributed by atoms with Crippen LogP contribution >= 0.6 is 11.3 Å². The zero-order chi connectivity index (χ0) is 14.6. The number of rotatable bonds is 6. The van der Waals surface area contributed by atoms with Crippen LogP contribution in [0.15, 0.2) is 17.5 Å². The summed E-state index contributed by atoms with van der Waals surface area (Å²) in [7, 11) is 2.28. The van der Waals surface area contributed by atoms with E-state index in [1.54, 1.807) is 0 Å². The predicted molar refractivity (Wildman–Crippen MR) is 89.2 cm³/mol. The van der Waals surface area contributed by atoms with E-state index in [1.165, 1.54) is 30.6 Å². The van der Waals surface area contributed by atoms with Crippen molar-refractivity contribution in [1.29, 1.82) is 0 Å². The van der Waals surface area contributed by atoms with Crippen LogP contribution in [0.3, 0.4) is 0 Å². The normalized spacial score (nSPS) is 27.4. The van der Waals surface area contributed by atoms with Crippen LogP contribution in [0.25, 0.3) is 0 Å². The summed E-state index contributed by atoms with van der Waals surface area (Å²) in [5.74, 6) is 1.63. The average Bonchev–Trinajstić information content (AvgIpc) is 2.98. The quantitative estimate of drug-likeness (QED) is 0.865. The summed E-state index contributed by atoms with van der Waals surface area (Å²) in [6.45, 7) is 6.66. The van der Waals surface area contributed by atoms with Crippen LogP contribution in [0.4, 0.5) is 0 Å². The minimum absolute atomic E-state index is 0.241. The number of hydrogen-bond donors (Lipinski definition) is 1. The summed E-state index contributed by atoms with van der Waals surface area (Å²) < 4.78 is 0. The predicted octanol–water partition coefficient (Wildman–Crippen LogP) is 3.77. The van der Waals surface area contributed by atoms with Crippen LogP contribution in [0.1, 0.15) is 44.4 Å². The molecule has 2 nitrogen and oxygen atoms in total. The maximum atomic E-state index is 6.21. The molecule has 2 atom stereocenters. The number of nitrogens with zero attached hydrogens (tertiary/aromatic N) is 1. The van der Waals surface area contributed by atoms with Gasteiger partial charge in [0.15, 0.2) is 0 Å². The van der Waals surface area contributed by atoms with Crippen LogP contribution < -0.4 is 5.73 Å². The van der Waals surface area contributed by atoms with Gasteiger partial charge in [-0.15, -0.1) is 11.3 Å². The highest BCUT2D eigenvalue weighted by Crippen LogP contribution is 2.39. The highest BCUT2D eigenvalue weighted by molar-refractivity contribution is 7.09. The third kappa shape index (κ3) is 3.63. The molecule has 1 fully saturated rings. The van der Waals surface area contributed by atoms with Gasteiger partial charge < -0.3 is 5.73 Å². The van der Waals surface area contributed by atoms with E-state index in [4.69, 9.17) is 5.73 Å². The molecular weight excluding hydrogens is 264 g/mol. The summed E-state index contributed by atoms with van der Waals surface area (Å²) in [4.78, 5) is 4.04. The van der Waals surface area contributed by atoms with Crippen molar-refractivity contribution in [1.82, 2.24) is 4.90 Å². The summed E-state index contributed by atoms with van der Waals surface area (Å²) in [5, 5.41) is 2.17. The van der Waals surface area contributed by atoms with E-state index in [9.17, 15) is 0 Å². The number of thiophene rings is 1. The summed E-state index contributed by atoms with van der Waals surface area (Å²) in [6, 6.07) is 4.39. The standard InChI is InChI=1S/C17H30N2S/c1-14(2)15-6-4-9-17(12-15,13-18)19(3)10-8-16-7-5-11-20-16/h5,7,11,14-15H,4,6,8-10,12-13,18H2,1-3H3. The van der Waals surface area contributed by atoms with E-state index in [0.29, 0.717) is 0 Å². The van der Waals surface area contributed by atoms with Gasteiger partial charge in [-0.2, -0.15) is 0 Å². The van der Waals surface area contributed by atoms with Crippen LogP contribution in [-0.4, -0.2) is 30.6 Å².